The second kappa shape index (κ2) is 14.2. The number of fused-ring (bicyclic) bond motifs is 3. The molecule has 1 aliphatic carbocycles. The minimum atomic E-state index is -0.820. The first-order valence-electron chi connectivity index (χ1n) is 14.0. The van der Waals surface area contributed by atoms with Crippen molar-refractivity contribution >= 4 is 39.9 Å². The predicted molar refractivity (Wildman–Crippen MR) is 167 cm³/mol. The molecule has 0 bridgehead atoms. The Hall–Kier alpha value is -4.65. The van der Waals surface area contributed by atoms with Gasteiger partial charge in [-0.25, -0.2) is 4.98 Å². The van der Waals surface area contributed by atoms with Gasteiger partial charge < -0.3 is 34.9 Å². The quantitative estimate of drug-likeness (QED) is 0.268. The van der Waals surface area contributed by atoms with Gasteiger partial charge in [0.25, 0.3) is 0 Å². The van der Waals surface area contributed by atoms with Crippen LogP contribution < -0.4 is 35.6 Å². The van der Waals surface area contributed by atoms with E-state index in [0.717, 1.165) is 11.1 Å². The van der Waals surface area contributed by atoms with Gasteiger partial charge in [-0.1, -0.05) is 6.07 Å². The summed E-state index contributed by atoms with van der Waals surface area (Å²) in [5.41, 5.74) is 3.22. The highest BCUT2D eigenvalue weighted by Gasteiger charge is 2.29. The fourth-order valence-electron chi connectivity index (χ4n) is 5.14. The van der Waals surface area contributed by atoms with Gasteiger partial charge in [0.05, 0.1) is 51.8 Å². The first kappa shape index (κ1) is 32.3. The van der Waals surface area contributed by atoms with Crippen LogP contribution in [0.1, 0.15) is 50.1 Å². The van der Waals surface area contributed by atoms with E-state index in [1.54, 1.807) is 38.5 Å². The topological polar surface area (TPSA) is 154 Å². The van der Waals surface area contributed by atoms with Crippen LogP contribution in [0, 0.1) is 0 Å². The van der Waals surface area contributed by atoms with Gasteiger partial charge >= 0.3 is 5.97 Å². The van der Waals surface area contributed by atoms with E-state index in [1.807, 2.05) is 6.07 Å². The highest BCUT2D eigenvalue weighted by molar-refractivity contribution is 7.13. The van der Waals surface area contributed by atoms with Crippen LogP contribution in [0.25, 0.3) is 11.1 Å². The lowest BCUT2D eigenvalue weighted by Gasteiger charge is -2.19. The van der Waals surface area contributed by atoms with Crippen molar-refractivity contribution in [1.82, 2.24) is 10.3 Å². The molecular weight excluding hydrogens is 588 g/mol. The number of carbonyl (C=O) groups excluding carboxylic acids is 3. The Morgan fingerprint density at radius 2 is 1.84 bits per heavy atom. The fourth-order valence-corrected chi connectivity index (χ4v) is 5.86. The molecule has 0 saturated carbocycles. The molecule has 0 spiro atoms. The normalized spacial score (nSPS) is 14.2. The first-order valence-corrected chi connectivity index (χ1v) is 14.9. The van der Waals surface area contributed by atoms with E-state index < -0.39 is 24.0 Å². The lowest BCUT2D eigenvalue weighted by molar-refractivity contribution is -0.142. The average molecular weight is 625 g/mol. The number of nitrogens with one attached hydrogen (secondary N) is 3. The van der Waals surface area contributed by atoms with E-state index in [2.05, 4.69) is 20.9 Å². The van der Waals surface area contributed by atoms with E-state index >= 15 is 0 Å². The molecule has 12 nitrogen and oxygen atoms in total. The van der Waals surface area contributed by atoms with E-state index in [9.17, 15) is 19.2 Å². The molecule has 0 fully saturated rings. The SMILES string of the molecule is CCOC(=O)Cc1csc(NC(=O)[C@H](C)Nc2ccc3c(cc2=O)[C@@H](NC(C)=O)CCc2cc(OC)c(OC)c(OC)c2-3)n1. The minimum Gasteiger partial charge on any atom is -0.493 e. The Bertz CT molecular complexity index is 1620. The summed E-state index contributed by atoms with van der Waals surface area (Å²) in [6.45, 7) is 5.05. The summed E-state index contributed by atoms with van der Waals surface area (Å²) in [5, 5.41) is 10.7. The molecule has 234 valence electrons. The third-order valence-electron chi connectivity index (χ3n) is 7.09. The number of amides is 2. The number of thiazole rings is 1. The monoisotopic (exact) mass is 624 g/mol. The molecule has 2 atom stereocenters. The minimum absolute atomic E-state index is 0.00475. The fraction of sp³-hybridized carbons (Fsp3) is 0.387. The van der Waals surface area contributed by atoms with Crippen LogP contribution in [0.4, 0.5) is 10.8 Å². The molecule has 0 radical (unpaired) electrons. The largest absolute Gasteiger partial charge is 0.493 e. The summed E-state index contributed by atoms with van der Waals surface area (Å²) in [6, 6.07) is 5.47. The van der Waals surface area contributed by atoms with E-state index in [0.29, 0.717) is 52.0 Å². The van der Waals surface area contributed by atoms with Crippen LogP contribution in [-0.2, 0) is 32.0 Å². The number of benzene rings is 1. The zero-order valence-corrected chi connectivity index (χ0v) is 26.3. The van der Waals surface area contributed by atoms with Crippen LogP contribution in [0.2, 0.25) is 0 Å². The van der Waals surface area contributed by atoms with Gasteiger partial charge in [-0.2, -0.15) is 0 Å². The van der Waals surface area contributed by atoms with Gasteiger partial charge in [0.15, 0.2) is 16.6 Å². The molecule has 0 saturated heterocycles. The van der Waals surface area contributed by atoms with Crippen molar-refractivity contribution in [3.63, 3.8) is 0 Å². The Balaban J connectivity index is 1.69. The molecular formula is C31H36N4O8S. The molecule has 1 aromatic heterocycles. The molecule has 1 heterocycles. The number of hydrogen-bond donors (Lipinski definition) is 3. The number of nitrogens with zero attached hydrogens (tertiary/aromatic N) is 1. The average Bonchev–Trinajstić information content (AvgIpc) is 3.29. The second-order valence-corrected chi connectivity index (χ2v) is 10.9. The van der Waals surface area contributed by atoms with Crippen LogP contribution in [0.15, 0.2) is 34.4 Å². The number of esters is 1. The Kier molecular flexibility index (Phi) is 10.4. The van der Waals surface area contributed by atoms with E-state index in [1.165, 1.54) is 38.5 Å². The maximum Gasteiger partial charge on any atom is 0.311 e. The second-order valence-electron chi connectivity index (χ2n) is 10.1. The number of ether oxygens (including phenoxy) is 4. The molecule has 0 aliphatic heterocycles. The van der Waals surface area contributed by atoms with Crippen molar-refractivity contribution in [2.75, 3.05) is 38.6 Å². The van der Waals surface area contributed by atoms with Gasteiger partial charge in [-0.3, -0.25) is 19.2 Å². The number of hydrogen-bond acceptors (Lipinski definition) is 11. The molecule has 3 aromatic rings. The third-order valence-corrected chi connectivity index (χ3v) is 7.90. The van der Waals surface area contributed by atoms with Gasteiger partial charge in [-0.05, 0) is 61.6 Å². The molecule has 1 aliphatic rings. The Labute approximate surface area is 259 Å². The number of carbonyl (C=O) groups is 3. The number of rotatable bonds is 11. The van der Waals surface area contributed by atoms with E-state index in [4.69, 9.17) is 18.9 Å². The smallest absolute Gasteiger partial charge is 0.311 e. The highest BCUT2D eigenvalue weighted by atomic mass is 32.1. The highest BCUT2D eigenvalue weighted by Crippen LogP contribution is 2.50. The molecule has 0 unspecified atom stereocenters. The first-order chi connectivity index (χ1) is 21.1. The van der Waals surface area contributed by atoms with Crippen molar-refractivity contribution in [2.24, 2.45) is 0 Å². The third kappa shape index (κ3) is 7.10. The summed E-state index contributed by atoms with van der Waals surface area (Å²) in [6.07, 6.45) is 1.10. The van der Waals surface area contributed by atoms with Crippen molar-refractivity contribution in [1.29, 1.82) is 0 Å². The molecule has 2 aromatic carbocycles. The Morgan fingerprint density at radius 1 is 1.09 bits per heavy atom. The summed E-state index contributed by atoms with van der Waals surface area (Å²) in [7, 11) is 4.60. The molecule has 13 heteroatoms. The molecule has 3 N–H and O–H groups in total. The van der Waals surface area contributed by atoms with Gasteiger partial charge in [0.2, 0.25) is 23.0 Å². The molecule has 2 amide bonds. The number of aromatic nitrogens is 1. The van der Waals surface area contributed by atoms with Gasteiger partial charge in [0.1, 0.15) is 6.04 Å². The van der Waals surface area contributed by atoms with Crippen molar-refractivity contribution < 1.29 is 33.3 Å². The van der Waals surface area contributed by atoms with E-state index in [-0.39, 0.29) is 30.1 Å². The zero-order valence-electron chi connectivity index (χ0n) is 25.5. The zero-order chi connectivity index (χ0) is 32.0. The summed E-state index contributed by atoms with van der Waals surface area (Å²) in [4.78, 5) is 54.8. The van der Waals surface area contributed by atoms with Gasteiger partial charge in [-0.15, -0.1) is 11.3 Å². The summed E-state index contributed by atoms with van der Waals surface area (Å²) in [5.74, 6) is 0.296. The van der Waals surface area contributed by atoms with Crippen LogP contribution >= 0.6 is 11.3 Å². The predicted octanol–water partition coefficient (Wildman–Crippen LogP) is 3.86. The van der Waals surface area contributed by atoms with Gasteiger partial charge in [0, 0.05) is 17.9 Å². The molecule has 44 heavy (non-hydrogen) atoms. The standard InChI is InChI=1S/C31H36N4O8S/c1-7-43-26(38)13-19-15-44-31(34-19)35-30(39)16(2)32-23-11-9-20-21(14-24(23)37)22(33-17(3)36)10-8-18-12-25(40-4)28(41-5)29(42-6)27(18)20/h9,11-12,14-16,22H,7-8,10,13H2,1-6H3,(H,32,37)(H,33,36)(H,34,35,39)/t16-,22-/m0/s1. The van der Waals surface area contributed by atoms with Crippen LogP contribution in [0.5, 0.6) is 17.2 Å². The van der Waals surface area contributed by atoms with Crippen LogP contribution in [0.3, 0.4) is 0 Å². The lowest BCUT2D eigenvalue weighted by Crippen LogP contribution is -2.33. The lowest BCUT2D eigenvalue weighted by atomic mass is 9.95. The maximum absolute atomic E-state index is 13.6. The number of methoxy groups -OCH3 is 3. The summed E-state index contributed by atoms with van der Waals surface area (Å²) >= 11 is 1.18. The van der Waals surface area contributed by atoms with Crippen molar-refractivity contribution in [3.8, 4) is 28.4 Å². The van der Waals surface area contributed by atoms with Crippen molar-refractivity contribution in [3.05, 3.63) is 56.7 Å². The number of anilines is 2. The molecule has 4 rings (SSSR count). The summed E-state index contributed by atoms with van der Waals surface area (Å²) < 4.78 is 22.0. The Morgan fingerprint density at radius 3 is 2.50 bits per heavy atom. The van der Waals surface area contributed by atoms with Crippen molar-refractivity contribution in [2.45, 2.75) is 52.1 Å². The maximum atomic E-state index is 13.6. The van der Waals surface area contributed by atoms with Crippen LogP contribution in [-0.4, -0.2) is 56.7 Å². The number of aryl methyl sites for hydroxylation is 1.